The molecule has 0 N–H and O–H groups in total. The van der Waals surface area contributed by atoms with Crippen molar-refractivity contribution in [2.75, 3.05) is 6.61 Å². The summed E-state index contributed by atoms with van der Waals surface area (Å²) in [6, 6.07) is 2.97. The van der Waals surface area contributed by atoms with E-state index in [1.165, 1.54) is 6.07 Å². The van der Waals surface area contributed by atoms with Crippen LogP contribution in [-0.2, 0) is 0 Å². The first-order valence-electron chi connectivity index (χ1n) is 4.36. The van der Waals surface area contributed by atoms with Crippen LogP contribution in [0.4, 0.5) is 13.2 Å². The fraction of sp³-hybridized carbons (Fsp3) is 0.444. The van der Waals surface area contributed by atoms with Gasteiger partial charge in [-0.05, 0) is 13.0 Å². The molecule has 0 saturated heterocycles. The van der Waals surface area contributed by atoms with Gasteiger partial charge in [0, 0.05) is 5.69 Å². The van der Waals surface area contributed by atoms with Crippen molar-refractivity contribution < 1.29 is 17.9 Å². The van der Waals surface area contributed by atoms with Gasteiger partial charge in [-0.15, -0.1) is 0 Å². The molecule has 0 unspecified atom stereocenters. The van der Waals surface area contributed by atoms with Gasteiger partial charge in [0.25, 0.3) is 0 Å². The Morgan fingerprint density at radius 2 is 2.12 bits per heavy atom. The van der Waals surface area contributed by atoms with Crippen LogP contribution in [0.1, 0.15) is 17.8 Å². The normalized spacial score (nSPS) is 10.9. The second-order valence-corrected chi connectivity index (χ2v) is 3.00. The van der Waals surface area contributed by atoms with E-state index >= 15 is 0 Å². The molecule has 1 rings (SSSR count). The van der Waals surface area contributed by atoms with Gasteiger partial charge < -0.3 is 4.74 Å². The van der Waals surface area contributed by atoms with Crippen LogP contribution < -0.4 is 4.74 Å². The Morgan fingerprint density at radius 3 is 2.69 bits per heavy atom. The van der Waals surface area contributed by atoms with E-state index in [0.29, 0.717) is 5.69 Å². The van der Waals surface area contributed by atoms with Crippen LogP contribution >= 0.6 is 0 Å². The van der Waals surface area contributed by atoms with E-state index in [1.807, 2.05) is 0 Å². The lowest BCUT2D eigenvalue weighted by Gasteiger charge is -2.07. The monoisotopic (exact) mass is 231 g/mol. The van der Waals surface area contributed by atoms with E-state index in [0.717, 1.165) is 0 Å². The average Bonchev–Trinajstić information content (AvgIpc) is 2.14. The molecule has 86 valence electrons. The van der Waals surface area contributed by atoms with E-state index in [2.05, 4.69) is 9.97 Å². The summed E-state index contributed by atoms with van der Waals surface area (Å²) in [7, 11) is 0. The first-order valence-corrected chi connectivity index (χ1v) is 4.36. The summed E-state index contributed by atoms with van der Waals surface area (Å²) in [5, 5.41) is 8.57. The van der Waals surface area contributed by atoms with Gasteiger partial charge in [-0.1, -0.05) is 0 Å². The Hall–Kier alpha value is -1.84. The lowest BCUT2D eigenvalue weighted by molar-refractivity contribution is -0.139. The van der Waals surface area contributed by atoms with Crippen LogP contribution in [-0.4, -0.2) is 22.8 Å². The number of aryl methyl sites for hydroxylation is 1. The average molecular weight is 231 g/mol. The number of aromatic nitrogens is 2. The molecule has 0 bridgehead atoms. The predicted octanol–water partition coefficient (Wildman–Crippen LogP) is 1.99. The second kappa shape index (κ2) is 4.79. The molecular weight excluding hydrogens is 223 g/mol. The van der Waals surface area contributed by atoms with Crippen LogP contribution in [0.5, 0.6) is 6.01 Å². The highest BCUT2D eigenvalue weighted by atomic mass is 19.4. The summed E-state index contributed by atoms with van der Waals surface area (Å²) < 4.78 is 40.1. The van der Waals surface area contributed by atoms with Gasteiger partial charge in [-0.3, -0.25) is 0 Å². The van der Waals surface area contributed by atoms with E-state index in [4.69, 9.17) is 10.00 Å². The molecule has 0 radical (unpaired) electrons. The number of ether oxygens (including phenoxy) is 1. The van der Waals surface area contributed by atoms with Gasteiger partial charge >= 0.3 is 12.2 Å². The third-order valence-corrected chi connectivity index (χ3v) is 1.56. The third-order valence-electron chi connectivity index (χ3n) is 1.56. The summed E-state index contributed by atoms with van der Waals surface area (Å²) >= 11 is 0. The van der Waals surface area contributed by atoms with Crippen molar-refractivity contribution in [3.8, 4) is 12.1 Å². The topological polar surface area (TPSA) is 58.8 Å². The van der Waals surface area contributed by atoms with Crippen LogP contribution in [0.2, 0.25) is 0 Å². The lowest BCUT2D eigenvalue weighted by Crippen LogP contribution is -2.14. The summed E-state index contributed by atoms with van der Waals surface area (Å²) in [5.74, 6) is 0. The number of hydrogen-bond acceptors (Lipinski definition) is 4. The number of alkyl halides is 3. The molecular formula is C9H8F3N3O. The molecule has 0 fully saturated rings. The van der Waals surface area contributed by atoms with Crippen molar-refractivity contribution in [2.24, 2.45) is 0 Å². The van der Waals surface area contributed by atoms with Crippen LogP contribution in [0.3, 0.4) is 0 Å². The molecule has 0 saturated carbocycles. The maximum absolute atomic E-state index is 11.8. The molecule has 4 nitrogen and oxygen atoms in total. The Balaban J connectivity index is 2.61. The number of halogens is 3. The molecule has 0 amide bonds. The number of nitriles is 1. The van der Waals surface area contributed by atoms with E-state index in [9.17, 15) is 13.2 Å². The van der Waals surface area contributed by atoms with Crippen molar-refractivity contribution in [3.63, 3.8) is 0 Å². The molecule has 0 spiro atoms. The van der Waals surface area contributed by atoms with Crippen LogP contribution in [0.25, 0.3) is 0 Å². The quantitative estimate of drug-likeness (QED) is 0.798. The standard InChI is InChI=1S/C9H8F3N3O/c1-6-4-7(5-13)15-8(14-6)16-3-2-9(10,11)12/h4H,2-3H2,1H3. The van der Waals surface area contributed by atoms with Gasteiger partial charge in [0.05, 0.1) is 6.42 Å². The zero-order chi connectivity index (χ0) is 12.2. The van der Waals surface area contributed by atoms with Gasteiger partial charge in [0.1, 0.15) is 18.4 Å². The van der Waals surface area contributed by atoms with Crippen molar-refractivity contribution in [1.82, 2.24) is 9.97 Å². The number of nitrogens with zero attached hydrogens (tertiary/aromatic N) is 3. The Bertz CT molecular complexity index is 411. The lowest BCUT2D eigenvalue weighted by atomic mass is 10.3. The van der Waals surface area contributed by atoms with Gasteiger partial charge in [0.15, 0.2) is 0 Å². The largest absolute Gasteiger partial charge is 0.463 e. The Labute approximate surface area is 89.7 Å². The third kappa shape index (κ3) is 4.13. The Morgan fingerprint density at radius 1 is 1.44 bits per heavy atom. The number of rotatable bonds is 3. The van der Waals surface area contributed by atoms with E-state index in [1.54, 1.807) is 13.0 Å². The van der Waals surface area contributed by atoms with Gasteiger partial charge in [0.2, 0.25) is 0 Å². The molecule has 16 heavy (non-hydrogen) atoms. The molecule has 0 aliphatic heterocycles. The minimum atomic E-state index is -4.28. The Kier molecular flexibility index (Phi) is 3.66. The molecule has 0 aromatic carbocycles. The summed E-state index contributed by atoms with van der Waals surface area (Å²) in [5.41, 5.74) is 0.531. The van der Waals surface area contributed by atoms with Gasteiger partial charge in [-0.2, -0.15) is 23.4 Å². The molecule has 0 aliphatic carbocycles. The van der Waals surface area contributed by atoms with E-state index < -0.39 is 19.2 Å². The number of hydrogen-bond donors (Lipinski definition) is 0. The maximum Gasteiger partial charge on any atom is 0.392 e. The summed E-state index contributed by atoms with van der Waals surface area (Å²) in [6.45, 7) is 1.04. The van der Waals surface area contributed by atoms with Crippen molar-refractivity contribution >= 4 is 0 Å². The zero-order valence-corrected chi connectivity index (χ0v) is 8.38. The molecule has 0 aliphatic rings. The summed E-state index contributed by atoms with van der Waals surface area (Å²) in [4.78, 5) is 7.36. The highest BCUT2D eigenvalue weighted by molar-refractivity contribution is 5.23. The highest BCUT2D eigenvalue weighted by Gasteiger charge is 2.27. The summed E-state index contributed by atoms with van der Waals surface area (Å²) in [6.07, 6.45) is -5.35. The predicted molar refractivity (Wildman–Crippen MR) is 47.7 cm³/mol. The first-order chi connectivity index (χ1) is 7.40. The molecule has 1 aromatic heterocycles. The van der Waals surface area contributed by atoms with Gasteiger partial charge in [-0.25, -0.2) is 4.98 Å². The fourth-order valence-electron chi connectivity index (χ4n) is 0.921. The minimum Gasteiger partial charge on any atom is -0.463 e. The van der Waals surface area contributed by atoms with Crippen LogP contribution in [0, 0.1) is 18.3 Å². The molecule has 7 heteroatoms. The van der Waals surface area contributed by atoms with Crippen molar-refractivity contribution in [3.05, 3.63) is 17.5 Å². The smallest absolute Gasteiger partial charge is 0.392 e. The van der Waals surface area contributed by atoms with Crippen molar-refractivity contribution in [1.29, 1.82) is 5.26 Å². The molecule has 0 atom stereocenters. The van der Waals surface area contributed by atoms with E-state index in [-0.39, 0.29) is 11.7 Å². The van der Waals surface area contributed by atoms with Crippen LogP contribution in [0.15, 0.2) is 6.07 Å². The second-order valence-electron chi connectivity index (χ2n) is 3.00. The maximum atomic E-state index is 11.8. The minimum absolute atomic E-state index is 0.0644. The van der Waals surface area contributed by atoms with Crippen molar-refractivity contribution in [2.45, 2.75) is 19.5 Å². The molecule has 1 aromatic rings. The zero-order valence-electron chi connectivity index (χ0n) is 8.38. The molecule has 1 heterocycles. The first kappa shape index (κ1) is 12.2. The fourth-order valence-corrected chi connectivity index (χ4v) is 0.921. The SMILES string of the molecule is Cc1cc(C#N)nc(OCCC(F)(F)F)n1. The highest BCUT2D eigenvalue weighted by Crippen LogP contribution is 2.19.